The molecule has 0 unspecified atom stereocenters. The minimum absolute atomic E-state index is 0.633. The van der Waals surface area contributed by atoms with Crippen LogP contribution in [-0.2, 0) is 0 Å². The normalized spacial score (nSPS) is 10.7. The molecule has 0 saturated carbocycles. The number of aliphatic imine (C=N–C) groups is 1. The Bertz CT molecular complexity index is 874. The van der Waals surface area contributed by atoms with Crippen LogP contribution >= 0.6 is 0 Å². The molecule has 3 nitrogen and oxygen atoms in total. The first-order valence-corrected chi connectivity index (χ1v) is 6.92. The van der Waals surface area contributed by atoms with Crippen molar-refractivity contribution in [3.63, 3.8) is 0 Å². The molecule has 22 heavy (non-hydrogen) atoms. The van der Waals surface area contributed by atoms with Gasteiger partial charge in [-0.1, -0.05) is 24.3 Å². The van der Waals surface area contributed by atoms with E-state index in [0.29, 0.717) is 5.56 Å². The molecule has 3 aromatic carbocycles. The van der Waals surface area contributed by atoms with Gasteiger partial charge in [0.05, 0.1) is 24.4 Å². The zero-order valence-electron chi connectivity index (χ0n) is 12.2. The summed E-state index contributed by atoms with van der Waals surface area (Å²) in [6.45, 7) is 0. The first-order chi connectivity index (χ1) is 10.8. The highest BCUT2D eigenvalue weighted by molar-refractivity contribution is 6.02. The first kappa shape index (κ1) is 13.8. The van der Waals surface area contributed by atoms with Gasteiger partial charge in [0.25, 0.3) is 0 Å². The molecule has 0 radical (unpaired) electrons. The summed E-state index contributed by atoms with van der Waals surface area (Å²) in [6.07, 6.45) is 1.84. The maximum atomic E-state index is 8.80. The fourth-order valence-electron chi connectivity index (χ4n) is 2.35. The number of rotatable bonds is 3. The van der Waals surface area contributed by atoms with Gasteiger partial charge in [-0.3, -0.25) is 4.99 Å². The standard InChI is InChI=1S/C19H14N2O/c1-22-19-11-8-15(17-4-2-3-5-18(17)19)13-21-16-9-6-14(12-20)7-10-16/h2-11,13H,1H3. The van der Waals surface area contributed by atoms with Crippen molar-refractivity contribution >= 4 is 22.7 Å². The van der Waals surface area contributed by atoms with Crippen LogP contribution < -0.4 is 4.74 Å². The molecular weight excluding hydrogens is 272 g/mol. The van der Waals surface area contributed by atoms with E-state index < -0.39 is 0 Å². The van der Waals surface area contributed by atoms with Crippen LogP contribution in [0.15, 0.2) is 65.7 Å². The molecule has 3 rings (SSSR count). The summed E-state index contributed by atoms with van der Waals surface area (Å²) in [5.74, 6) is 0.853. The molecule has 0 aromatic heterocycles. The van der Waals surface area contributed by atoms with Gasteiger partial charge in [0.2, 0.25) is 0 Å². The molecule has 0 N–H and O–H groups in total. The van der Waals surface area contributed by atoms with Crippen molar-refractivity contribution in [1.29, 1.82) is 5.26 Å². The van der Waals surface area contributed by atoms with E-state index in [9.17, 15) is 0 Å². The lowest BCUT2D eigenvalue weighted by atomic mass is 10.0. The predicted molar refractivity (Wildman–Crippen MR) is 88.9 cm³/mol. The number of hydrogen-bond acceptors (Lipinski definition) is 3. The highest BCUT2D eigenvalue weighted by atomic mass is 16.5. The van der Waals surface area contributed by atoms with E-state index in [1.165, 1.54) is 0 Å². The van der Waals surface area contributed by atoms with Crippen LogP contribution in [0.5, 0.6) is 5.75 Å². The van der Waals surface area contributed by atoms with Gasteiger partial charge < -0.3 is 4.74 Å². The van der Waals surface area contributed by atoms with E-state index in [1.807, 2.05) is 48.7 Å². The lowest BCUT2D eigenvalue weighted by molar-refractivity contribution is 0.420. The molecule has 0 saturated heterocycles. The molecule has 0 heterocycles. The summed E-state index contributed by atoms with van der Waals surface area (Å²) >= 11 is 0. The third-order valence-corrected chi connectivity index (χ3v) is 3.49. The summed E-state index contributed by atoms with van der Waals surface area (Å²) in [4.78, 5) is 4.48. The number of hydrogen-bond donors (Lipinski definition) is 0. The predicted octanol–water partition coefficient (Wildman–Crippen LogP) is 4.47. The van der Waals surface area contributed by atoms with Crippen LogP contribution in [-0.4, -0.2) is 13.3 Å². The molecule has 0 aliphatic heterocycles. The van der Waals surface area contributed by atoms with Gasteiger partial charge in [-0.05, 0) is 41.8 Å². The number of fused-ring (bicyclic) bond motifs is 1. The Morgan fingerprint density at radius 3 is 2.36 bits per heavy atom. The molecule has 3 aromatic rings. The zero-order chi connectivity index (χ0) is 15.4. The maximum Gasteiger partial charge on any atom is 0.126 e. The van der Waals surface area contributed by atoms with Gasteiger partial charge in [0.15, 0.2) is 0 Å². The second-order valence-electron chi connectivity index (χ2n) is 4.82. The van der Waals surface area contributed by atoms with Crippen LogP contribution in [0, 0.1) is 11.3 Å². The topological polar surface area (TPSA) is 45.4 Å². The van der Waals surface area contributed by atoms with Crippen molar-refractivity contribution in [3.8, 4) is 11.8 Å². The van der Waals surface area contributed by atoms with Crippen molar-refractivity contribution < 1.29 is 4.74 Å². The average Bonchev–Trinajstić information content (AvgIpc) is 2.60. The Morgan fingerprint density at radius 2 is 1.68 bits per heavy atom. The fourth-order valence-corrected chi connectivity index (χ4v) is 2.35. The molecule has 0 aliphatic rings. The lowest BCUT2D eigenvalue weighted by Crippen LogP contribution is -1.89. The molecule has 0 bridgehead atoms. The Balaban J connectivity index is 2.00. The lowest BCUT2D eigenvalue weighted by Gasteiger charge is -2.07. The Hall–Kier alpha value is -3.12. The van der Waals surface area contributed by atoms with E-state index in [1.54, 1.807) is 19.2 Å². The van der Waals surface area contributed by atoms with Crippen LogP contribution in [0.1, 0.15) is 11.1 Å². The average molecular weight is 286 g/mol. The van der Waals surface area contributed by atoms with Gasteiger partial charge in [0, 0.05) is 17.2 Å². The van der Waals surface area contributed by atoms with Crippen LogP contribution in [0.2, 0.25) is 0 Å². The molecule has 106 valence electrons. The van der Waals surface area contributed by atoms with Gasteiger partial charge >= 0.3 is 0 Å². The first-order valence-electron chi connectivity index (χ1n) is 6.92. The fraction of sp³-hybridized carbons (Fsp3) is 0.0526. The minimum atomic E-state index is 0.633. The Morgan fingerprint density at radius 1 is 0.955 bits per heavy atom. The summed E-state index contributed by atoms with van der Waals surface area (Å²) in [7, 11) is 1.67. The van der Waals surface area contributed by atoms with E-state index in [0.717, 1.165) is 27.8 Å². The molecule has 0 amide bonds. The summed E-state index contributed by atoms with van der Waals surface area (Å²) in [5, 5.41) is 11.0. The third-order valence-electron chi connectivity index (χ3n) is 3.49. The molecule has 0 atom stereocenters. The van der Waals surface area contributed by atoms with Crippen LogP contribution in [0.25, 0.3) is 10.8 Å². The maximum absolute atomic E-state index is 8.80. The van der Waals surface area contributed by atoms with Gasteiger partial charge in [-0.15, -0.1) is 0 Å². The minimum Gasteiger partial charge on any atom is -0.496 e. The van der Waals surface area contributed by atoms with Crippen LogP contribution in [0.4, 0.5) is 5.69 Å². The largest absolute Gasteiger partial charge is 0.496 e. The van der Waals surface area contributed by atoms with E-state index in [2.05, 4.69) is 17.1 Å². The van der Waals surface area contributed by atoms with Crippen LogP contribution in [0.3, 0.4) is 0 Å². The van der Waals surface area contributed by atoms with E-state index in [4.69, 9.17) is 10.00 Å². The zero-order valence-corrected chi connectivity index (χ0v) is 12.2. The van der Waals surface area contributed by atoms with Crippen molar-refractivity contribution in [2.24, 2.45) is 4.99 Å². The van der Waals surface area contributed by atoms with Gasteiger partial charge in [0.1, 0.15) is 5.75 Å². The molecule has 3 heteroatoms. The van der Waals surface area contributed by atoms with E-state index in [-0.39, 0.29) is 0 Å². The highest BCUT2D eigenvalue weighted by Gasteiger charge is 2.04. The quantitative estimate of drug-likeness (QED) is 0.667. The van der Waals surface area contributed by atoms with Crippen molar-refractivity contribution in [1.82, 2.24) is 0 Å². The number of nitriles is 1. The van der Waals surface area contributed by atoms with Crippen molar-refractivity contribution in [3.05, 3.63) is 71.8 Å². The highest BCUT2D eigenvalue weighted by Crippen LogP contribution is 2.27. The Labute approximate surface area is 129 Å². The smallest absolute Gasteiger partial charge is 0.126 e. The molecular formula is C19H14N2O. The van der Waals surface area contributed by atoms with Gasteiger partial charge in [-0.2, -0.15) is 5.26 Å². The monoisotopic (exact) mass is 286 g/mol. The number of benzene rings is 3. The number of methoxy groups -OCH3 is 1. The third kappa shape index (κ3) is 2.68. The summed E-state index contributed by atoms with van der Waals surface area (Å²) in [6, 6.07) is 21.3. The molecule has 0 fully saturated rings. The second-order valence-corrected chi connectivity index (χ2v) is 4.82. The van der Waals surface area contributed by atoms with Crippen molar-refractivity contribution in [2.45, 2.75) is 0 Å². The Kier molecular flexibility index (Phi) is 3.84. The van der Waals surface area contributed by atoms with Crippen molar-refractivity contribution in [2.75, 3.05) is 7.11 Å². The number of ether oxygens (including phenoxy) is 1. The SMILES string of the molecule is COc1ccc(C=Nc2ccc(C#N)cc2)c2ccccc12. The van der Waals surface area contributed by atoms with E-state index >= 15 is 0 Å². The second kappa shape index (κ2) is 6.11. The van der Waals surface area contributed by atoms with Gasteiger partial charge in [-0.25, -0.2) is 0 Å². The number of nitrogens with zero attached hydrogens (tertiary/aromatic N) is 2. The summed E-state index contributed by atoms with van der Waals surface area (Å²) < 4.78 is 5.40. The summed E-state index contributed by atoms with van der Waals surface area (Å²) in [5.41, 5.74) is 2.48. The molecule has 0 aliphatic carbocycles. The molecule has 0 spiro atoms.